The van der Waals surface area contributed by atoms with Crippen molar-refractivity contribution in [3.8, 4) is 11.3 Å². The molecule has 0 aliphatic rings. The van der Waals surface area contributed by atoms with E-state index in [1.54, 1.807) is 11.4 Å². The highest BCUT2D eigenvalue weighted by Gasteiger charge is 2.08. The second-order valence-corrected chi connectivity index (χ2v) is 5.84. The largest absolute Gasteiger partial charge is 0.375 e. The Balaban J connectivity index is 2.44. The number of nitrogen functional groups attached to an aromatic ring is 1. The first kappa shape index (κ1) is 10.2. The van der Waals surface area contributed by atoms with Gasteiger partial charge in [0.25, 0.3) is 0 Å². The Morgan fingerprint density at radius 2 is 2.27 bits per heavy atom. The van der Waals surface area contributed by atoms with Gasteiger partial charge in [0.2, 0.25) is 10.0 Å². The quantitative estimate of drug-likeness (QED) is 0.853. The average Bonchev–Trinajstić information content (AvgIpc) is 2.69. The summed E-state index contributed by atoms with van der Waals surface area (Å²) in [6.45, 7) is 0. The van der Waals surface area contributed by atoms with Gasteiger partial charge in [0.05, 0.1) is 11.9 Å². The molecular formula is C8H9N3O2S2. The monoisotopic (exact) mass is 243 g/mol. The summed E-state index contributed by atoms with van der Waals surface area (Å²) < 4.78 is 23.6. The van der Waals surface area contributed by atoms with Gasteiger partial charge in [0.15, 0.2) is 5.13 Å². The minimum Gasteiger partial charge on any atom is -0.375 e. The van der Waals surface area contributed by atoms with Crippen LogP contribution >= 0.6 is 11.3 Å². The van der Waals surface area contributed by atoms with Gasteiger partial charge in [-0.05, 0) is 6.07 Å². The maximum atomic E-state index is 11.2. The van der Waals surface area contributed by atoms with Gasteiger partial charge in [-0.3, -0.25) is 3.97 Å². The fourth-order valence-corrected chi connectivity index (χ4v) is 2.31. The van der Waals surface area contributed by atoms with Crippen LogP contribution < -0.4 is 5.73 Å². The molecule has 0 saturated carbocycles. The van der Waals surface area contributed by atoms with Crippen LogP contribution in [0.2, 0.25) is 0 Å². The van der Waals surface area contributed by atoms with Crippen molar-refractivity contribution in [2.45, 2.75) is 0 Å². The normalized spacial score (nSPS) is 11.8. The Morgan fingerprint density at radius 3 is 2.73 bits per heavy atom. The van der Waals surface area contributed by atoms with Gasteiger partial charge < -0.3 is 5.73 Å². The Morgan fingerprint density at radius 1 is 1.53 bits per heavy atom. The lowest BCUT2D eigenvalue weighted by atomic mass is 10.3. The van der Waals surface area contributed by atoms with Crippen LogP contribution in [0, 0.1) is 0 Å². The lowest BCUT2D eigenvalue weighted by molar-refractivity contribution is 0.593. The highest BCUT2D eigenvalue weighted by Crippen LogP contribution is 2.23. The number of rotatable bonds is 2. The van der Waals surface area contributed by atoms with Gasteiger partial charge in [0, 0.05) is 23.3 Å². The minimum absolute atomic E-state index is 0.470. The van der Waals surface area contributed by atoms with Gasteiger partial charge in [0.1, 0.15) is 0 Å². The fourth-order valence-electron chi connectivity index (χ4n) is 1.15. The van der Waals surface area contributed by atoms with E-state index in [1.165, 1.54) is 23.7 Å². The molecule has 0 atom stereocenters. The maximum Gasteiger partial charge on any atom is 0.235 e. The Bertz CT molecular complexity index is 583. The van der Waals surface area contributed by atoms with Crippen molar-refractivity contribution < 1.29 is 8.42 Å². The first-order chi connectivity index (χ1) is 6.97. The summed E-state index contributed by atoms with van der Waals surface area (Å²) in [4.78, 5) is 4.06. The number of nitrogens with two attached hydrogens (primary N) is 1. The number of anilines is 1. The second-order valence-electron chi connectivity index (χ2n) is 3.06. The van der Waals surface area contributed by atoms with Crippen LogP contribution in [0.1, 0.15) is 0 Å². The molecule has 2 heterocycles. The fraction of sp³-hybridized carbons (Fsp3) is 0.125. The van der Waals surface area contributed by atoms with Crippen molar-refractivity contribution in [3.05, 3.63) is 23.8 Å². The molecule has 2 N–H and O–H groups in total. The van der Waals surface area contributed by atoms with Gasteiger partial charge >= 0.3 is 0 Å². The van der Waals surface area contributed by atoms with E-state index in [0.29, 0.717) is 10.8 Å². The van der Waals surface area contributed by atoms with E-state index in [4.69, 9.17) is 5.73 Å². The molecule has 0 unspecified atom stereocenters. The molecule has 7 heteroatoms. The molecular weight excluding hydrogens is 234 g/mol. The van der Waals surface area contributed by atoms with E-state index in [-0.39, 0.29) is 0 Å². The molecule has 0 aromatic carbocycles. The first-order valence-electron chi connectivity index (χ1n) is 4.07. The van der Waals surface area contributed by atoms with E-state index in [0.717, 1.165) is 15.8 Å². The Hall–Kier alpha value is -1.34. The summed E-state index contributed by atoms with van der Waals surface area (Å²) in [5, 5.41) is 2.26. The SMILES string of the molecule is CS(=O)(=O)n1ccc(-c2csc(N)n2)c1. The molecule has 80 valence electrons. The zero-order valence-corrected chi connectivity index (χ0v) is 9.55. The summed E-state index contributed by atoms with van der Waals surface area (Å²) in [6.07, 6.45) is 4.15. The first-order valence-corrected chi connectivity index (χ1v) is 6.79. The summed E-state index contributed by atoms with van der Waals surface area (Å²) in [5.41, 5.74) is 6.93. The third-order valence-electron chi connectivity index (χ3n) is 1.87. The third kappa shape index (κ3) is 2.02. The smallest absolute Gasteiger partial charge is 0.235 e. The molecule has 0 fully saturated rings. The number of aromatic nitrogens is 2. The number of nitrogens with zero attached hydrogens (tertiary/aromatic N) is 2. The molecule has 0 spiro atoms. The van der Waals surface area contributed by atoms with Crippen LogP contribution in [0.15, 0.2) is 23.8 Å². The summed E-state index contributed by atoms with van der Waals surface area (Å²) in [6, 6.07) is 1.69. The molecule has 0 radical (unpaired) electrons. The van der Waals surface area contributed by atoms with E-state index in [1.807, 2.05) is 0 Å². The molecule has 0 saturated heterocycles. The van der Waals surface area contributed by atoms with E-state index >= 15 is 0 Å². The van der Waals surface area contributed by atoms with Crippen LogP contribution in [0.3, 0.4) is 0 Å². The van der Waals surface area contributed by atoms with Crippen molar-refractivity contribution in [1.82, 2.24) is 8.96 Å². The molecule has 2 rings (SSSR count). The highest BCUT2D eigenvalue weighted by molar-refractivity contribution is 7.89. The highest BCUT2D eigenvalue weighted by atomic mass is 32.2. The molecule has 5 nitrogen and oxygen atoms in total. The van der Waals surface area contributed by atoms with Crippen LogP contribution in [-0.2, 0) is 10.0 Å². The van der Waals surface area contributed by atoms with Crippen LogP contribution in [-0.4, -0.2) is 23.6 Å². The number of thiazole rings is 1. The minimum atomic E-state index is -3.22. The lowest BCUT2D eigenvalue weighted by Crippen LogP contribution is -2.06. The zero-order chi connectivity index (χ0) is 11.1. The van der Waals surface area contributed by atoms with Gasteiger partial charge in [-0.2, -0.15) is 0 Å². The molecule has 2 aromatic rings. The number of hydrogen-bond donors (Lipinski definition) is 1. The van der Waals surface area contributed by atoms with Crippen molar-refractivity contribution >= 4 is 26.5 Å². The average molecular weight is 243 g/mol. The predicted octanol–water partition coefficient (Wildman–Crippen LogP) is 1.00. The Labute approximate surface area is 91.2 Å². The van der Waals surface area contributed by atoms with E-state index in [2.05, 4.69) is 4.98 Å². The topological polar surface area (TPSA) is 78.0 Å². The zero-order valence-electron chi connectivity index (χ0n) is 7.91. The van der Waals surface area contributed by atoms with Crippen LogP contribution in [0.4, 0.5) is 5.13 Å². The third-order valence-corrected chi connectivity index (χ3v) is 3.53. The standard InChI is InChI=1S/C8H9N3O2S2/c1-15(12,13)11-3-2-6(4-11)7-5-14-8(9)10-7/h2-5H,1H3,(H2,9,10). The van der Waals surface area contributed by atoms with Crippen molar-refractivity contribution in [1.29, 1.82) is 0 Å². The van der Waals surface area contributed by atoms with Gasteiger partial charge in [-0.15, -0.1) is 11.3 Å². The predicted molar refractivity (Wildman–Crippen MR) is 60.2 cm³/mol. The summed E-state index contributed by atoms with van der Waals surface area (Å²) >= 11 is 1.32. The molecule has 0 amide bonds. The van der Waals surface area contributed by atoms with Gasteiger partial charge in [-0.1, -0.05) is 0 Å². The number of hydrogen-bond acceptors (Lipinski definition) is 5. The lowest BCUT2D eigenvalue weighted by Gasteiger charge is -1.96. The molecule has 0 aliphatic heterocycles. The van der Waals surface area contributed by atoms with Crippen molar-refractivity contribution in [3.63, 3.8) is 0 Å². The Kier molecular flexibility index (Phi) is 2.28. The molecule has 0 aliphatic carbocycles. The van der Waals surface area contributed by atoms with E-state index in [9.17, 15) is 8.42 Å². The molecule has 0 bridgehead atoms. The van der Waals surface area contributed by atoms with Crippen molar-refractivity contribution in [2.24, 2.45) is 0 Å². The van der Waals surface area contributed by atoms with E-state index < -0.39 is 10.0 Å². The van der Waals surface area contributed by atoms with Crippen LogP contribution in [0.25, 0.3) is 11.3 Å². The second kappa shape index (κ2) is 3.35. The molecule has 15 heavy (non-hydrogen) atoms. The van der Waals surface area contributed by atoms with Crippen molar-refractivity contribution in [2.75, 3.05) is 12.0 Å². The molecule has 2 aromatic heterocycles. The summed E-state index contributed by atoms with van der Waals surface area (Å²) in [7, 11) is -3.22. The van der Waals surface area contributed by atoms with Crippen LogP contribution in [0.5, 0.6) is 0 Å². The summed E-state index contributed by atoms with van der Waals surface area (Å²) in [5.74, 6) is 0. The maximum absolute atomic E-state index is 11.2. The van der Waals surface area contributed by atoms with Gasteiger partial charge in [-0.25, -0.2) is 13.4 Å².